The summed E-state index contributed by atoms with van der Waals surface area (Å²) in [6.07, 6.45) is 1.61. The van der Waals surface area contributed by atoms with Crippen LogP contribution in [0.1, 0.15) is 19.8 Å². The van der Waals surface area contributed by atoms with E-state index in [2.05, 4.69) is 5.32 Å². The standard InChI is InChI=1S/C14H20ClFN2O2S.ClH/c1-2-17-10-11-5-7-18(8-6-11)21(19,20)14-9-12(16)3-4-13(14)15;/h3-4,9,11,17H,2,5-8,10H2,1H3;1H. The molecule has 1 aromatic carbocycles. The minimum atomic E-state index is -3.72. The van der Waals surface area contributed by atoms with Crippen molar-refractivity contribution in [2.45, 2.75) is 24.7 Å². The maximum atomic E-state index is 13.3. The molecule has 4 nitrogen and oxygen atoms in total. The lowest BCUT2D eigenvalue weighted by Gasteiger charge is -2.31. The third kappa shape index (κ3) is 4.55. The first-order chi connectivity index (χ1) is 9.95. The van der Waals surface area contributed by atoms with Gasteiger partial charge in [0, 0.05) is 13.1 Å². The molecule has 0 atom stereocenters. The fourth-order valence-corrected chi connectivity index (χ4v) is 4.47. The number of nitrogens with one attached hydrogen (secondary N) is 1. The van der Waals surface area contributed by atoms with Crippen LogP contribution < -0.4 is 5.32 Å². The van der Waals surface area contributed by atoms with Crippen molar-refractivity contribution in [3.8, 4) is 0 Å². The minimum Gasteiger partial charge on any atom is -0.317 e. The highest BCUT2D eigenvalue weighted by molar-refractivity contribution is 7.89. The number of nitrogens with zero attached hydrogens (tertiary/aromatic N) is 1. The van der Waals surface area contributed by atoms with E-state index in [1.807, 2.05) is 6.92 Å². The number of benzene rings is 1. The van der Waals surface area contributed by atoms with Crippen LogP contribution in [0, 0.1) is 11.7 Å². The van der Waals surface area contributed by atoms with Gasteiger partial charge in [0.05, 0.1) is 5.02 Å². The molecule has 1 aromatic rings. The summed E-state index contributed by atoms with van der Waals surface area (Å²) in [4.78, 5) is -0.144. The van der Waals surface area contributed by atoms with Crippen molar-refractivity contribution in [3.05, 3.63) is 29.0 Å². The number of hydrogen-bond donors (Lipinski definition) is 1. The molecule has 0 aromatic heterocycles. The van der Waals surface area contributed by atoms with Gasteiger partial charge < -0.3 is 5.32 Å². The van der Waals surface area contributed by atoms with Crippen LogP contribution in [0.4, 0.5) is 4.39 Å². The van der Waals surface area contributed by atoms with Crippen molar-refractivity contribution >= 4 is 34.0 Å². The van der Waals surface area contributed by atoms with E-state index >= 15 is 0 Å². The molecule has 0 unspecified atom stereocenters. The van der Waals surface area contributed by atoms with E-state index < -0.39 is 15.8 Å². The highest BCUT2D eigenvalue weighted by Crippen LogP contribution is 2.28. The second-order valence-corrected chi connectivity index (χ2v) is 7.54. The molecule has 0 bridgehead atoms. The van der Waals surface area contributed by atoms with Crippen LogP contribution in [-0.4, -0.2) is 38.9 Å². The Morgan fingerprint density at radius 1 is 1.36 bits per heavy atom. The molecule has 1 N–H and O–H groups in total. The van der Waals surface area contributed by atoms with Gasteiger partial charge in [0.2, 0.25) is 10.0 Å². The third-order valence-electron chi connectivity index (χ3n) is 3.77. The molecule has 1 fully saturated rings. The first-order valence-electron chi connectivity index (χ1n) is 7.11. The molecule has 0 saturated carbocycles. The number of sulfonamides is 1. The molecule has 1 heterocycles. The van der Waals surface area contributed by atoms with Crippen LogP contribution in [0.15, 0.2) is 23.1 Å². The summed E-state index contributed by atoms with van der Waals surface area (Å²) in [5.74, 6) is -0.112. The number of hydrogen-bond acceptors (Lipinski definition) is 3. The van der Waals surface area contributed by atoms with E-state index in [4.69, 9.17) is 11.6 Å². The van der Waals surface area contributed by atoms with Crippen LogP contribution >= 0.6 is 24.0 Å². The van der Waals surface area contributed by atoms with Crippen molar-refractivity contribution in [3.63, 3.8) is 0 Å². The second kappa shape index (κ2) is 8.45. The Morgan fingerprint density at radius 2 is 2.00 bits per heavy atom. The molecule has 0 amide bonds. The van der Waals surface area contributed by atoms with Gasteiger partial charge >= 0.3 is 0 Å². The lowest BCUT2D eigenvalue weighted by atomic mass is 9.98. The lowest BCUT2D eigenvalue weighted by Crippen LogP contribution is -2.40. The summed E-state index contributed by atoms with van der Waals surface area (Å²) >= 11 is 5.91. The average Bonchev–Trinajstić information content (AvgIpc) is 2.48. The molecular formula is C14H21Cl2FN2O2S. The van der Waals surface area contributed by atoms with Gasteiger partial charge in [-0.25, -0.2) is 12.8 Å². The SMILES string of the molecule is CCNCC1CCN(S(=O)(=O)c2cc(F)ccc2Cl)CC1.Cl. The van der Waals surface area contributed by atoms with E-state index in [-0.39, 0.29) is 22.3 Å². The van der Waals surface area contributed by atoms with Gasteiger partial charge in [0.25, 0.3) is 0 Å². The summed E-state index contributed by atoms with van der Waals surface area (Å²) in [6, 6.07) is 3.42. The second-order valence-electron chi connectivity index (χ2n) is 5.23. The van der Waals surface area contributed by atoms with Crippen molar-refractivity contribution in [1.29, 1.82) is 0 Å². The molecule has 1 aliphatic heterocycles. The van der Waals surface area contributed by atoms with E-state index in [9.17, 15) is 12.8 Å². The van der Waals surface area contributed by atoms with Gasteiger partial charge in [-0.15, -0.1) is 12.4 Å². The Hall–Kier alpha value is -0.400. The Balaban J connectivity index is 0.00000242. The Bertz CT molecular complexity index is 591. The maximum Gasteiger partial charge on any atom is 0.244 e. The van der Waals surface area contributed by atoms with E-state index in [0.717, 1.165) is 38.1 Å². The normalized spacial score (nSPS) is 17.2. The Kier molecular flexibility index (Phi) is 7.55. The molecule has 0 radical (unpaired) electrons. The van der Waals surface area contributed by atoms with Crippen molar-refractivity contribution < 1.29 is 12.8 Å². The summed E-state index contributed by atoms with van der Waals surface area (Å²) in [5, 5.41) is 3.34. The van der Waals surface area contributed by atoms with Gasteiger partial charge in [-0.1, -0.05) is 18.5 Å². The number of piperidine rings is 1. The van der Waals surface area contributed by atoms with Crippen molar-refractivity contribution in [2.75, 3.05) is 26.2 Å². The summed E-state index contributed by atoms with van der Waals surface area (Å²) in [5.41, 5.74) is 0. The highest BCUT2D eigenvalue weighted by Gasteiger charge is 2.30. The minimum absolute atomic E-state index is 0. The van der Waals surface area contributed by atoms with Crippen LogP contribution in [-0.2, 0) is 10.0 Å². The maximum absolute atomic E-state index is 13.3. The molecule has 0 spiro atoms. The smallest absolute Gasteiger partial charge is 0.244 e. The summed E-state index contributed by atoms with van der Waals surface area (Å²) < 4.78 is 39.8. The zero-order chi connectivity index (χ0) is 15.5. The van der Waals surface area contributed by atoms with Gasteiger partial charge in [-0.3, -0.25) is 0 Å². The first kappa shape index (κ1) is 19.6. The molecule has 2 rings (SSSR count). The number of rotatable bonds is 5. The molecule has 126 valence electrons. The fourth-order valence-electron chi connectivity index (χ4n) is 2.52. The zero-order valence-electron chi connectivity index (χ0n) is 12.4. The van der Waals surface area contributed by atoms with Gasteiger partial charge in [0.15, 0.2) is 0 Å². The molecule has 22 heavy (non-hydrogen) atoms. The largest absolute Gasteiger partial charge is 0.317 e. The van der Waals surface area contributed by atoms with Crippen LogP contribution in [0.2, 0.25) is 5.02 Å². The molecule has 1 aliphatic rings. The quantitative estimate of drug-likeness (QED) is 0.866. The summed E-state index contributed by atoms with van der Waals surface area (Å²) in [6.45, 7) is 4.77. The Labute approximate surface area is 142 Å². The van der Waals surface area contributed by atoms with E-state index in [1.54, 1.807) is 0 Å². The molecular weight excluding hydrogens is 350 g/mol. The predicted octanol–water partition coefficient (Wildman–Crippen LogP) is 2.91. The average molecular weight is 371 g/mol. The summed E-state index contributed by atoms with van der Waals surface area (Å²) in [7, 11) is -3.72. The number of halogens is 3. The van der Waals surface area contributed by atoms with E-state index in [0.29, 0.717) is 19.0 Å². The predicted molar refractivity (Wildman–Crippen MR) is 88.7 cm³/mol. The van der Waals surface area contributed by atoms with Gasteiger partial charge in [0.1, 0.15) is 10.7 Å². The third-order valence-corrected chi connectivity index (χ3v) is 6.15. The lowest BCUT2D eigenvalue weighted by molar-refractivity contribution is 0.268. The Morgan fingerprint density at radius 3 is 2.59 bits per heavy atom. The van der Waals surface area contributed by atoms with Crippen LogP contribution in [0.3, 0.4) is 0 Å². The first-order valence-corrected chi connectivity index (χ1v) is 8.93. The highest BCUT2D eigenvalue weighted by atomic mass is 35.5. The molecule has 0 aliphatic carbocycles. The van der Waals surface area contributed by atoms with E-state index in [1.165, 1.54) is 10.4 Å². The van der Waals surface area contributed by atoms with Crippen LogP contribution in [0.25, 0.3) is 0 Å². The monoisotopic (exact) mass is 370 g/mol. The van der Waals surface area contributed by atoms with Crippen molar-refractivity contribution in [1.82, 2.24) is 9.62 Å². The fraction of sp³-hybridized carbons (Fsp3) is 0.571. The molecule has 8 heteroatoms. The van der Waals surface area contributed by atoms with Gasteiger partial charge in [-0.2, -0.15) is 4.31 Å². The molecule has 1 saturated heterocycles. The topological polar surface area (TPSA) is 49.4 Å². The van der Waals surface area contributed by atoms with Gasteiger partial charge in [-0.05, 0) is 50.0 Å². The zero-order valence-corrected chi connectivity index (χ0v) is 14.8. The van der Waals surface area contributed by atoms with Crippen molar-refractivity contribution in [2.24, 2.45) is 5.92 Å². The van der Waals surface area contributed by atoms with Crippen LogP contribution in [0.5, 0.6) is 0 Å².